The molecule has 0 spiro atoms. The first-order valence-electron chi connectivity index (χ1n) is 28.9. The van der Waals surface area contributed by atoms with Crippen LogP contribution in [0.1, 0.15) is 162 Å². The molecule has 2 aliphatic rings. The van der Waals surface area contributed by atoms with E-state index in [-0.39, 0.29) is 18.9 Å². The van der Waals surface area contributed by atoms with Crippen LogP contribution in [-0.4, -0.2) is 140 Å². The number of carbonyl (C=O) groups excluding carboxylic acids is 1. The molecule has 0 aromatic rings. The standard InChI is InChI=1S/C63H101NO13/c1-3-5-7-9-11-13-15-16-17-18-19-20-21-22-23-24-25-26-27-28-29-30-31-32-33-34-35-36-37-39-41-43-45-47-55(68)64-51(52(67)46-44-42-40-38-14-12-10-8-6-4-2)50-74-62-60(73)58(71)61(54(49-66)76-62)77-63-59(72)57(70)56(69)53(48-65)75-63/h5,7,11,13-14,16-17,19-20,22-23,25-26,28-29,31-32,34-35,38,44,46,51-54,56-63,65-67,69-73H,3-4,6,8-10,12,15,18,21,24,27,30,33,36-37,39-43,45,47-50H2,1-2H3,(H,64,68)/b7-5-,13-11-,17-16-,20-19-,23-22-,26-25-,29-28-,32-31-,35-34-,38-14+,46-44+. The number of unbranched alkanes of at least 4 members (excludes halogenated alkanes) is 10. The number of hydrogen-bond acceptors (Lipinski definition) is 13. The fraction of sp³-hybridized carbons (Fsp3) is 0.635. The zero-order chi connectivity index (χ0) is 56.0. The molecule has 12 unspecified atom stereocenters. The van der Waals surface area contributed by atoms with E-state index in [2.05, 4.69) is 141 Å². The maximum atomic E-state index is 13.2. The predicted octanol–water partition coefficient (Wildman–Crippen LogP) is 9.60. The quantitative estimate of drug-likeness (QED) is 0.0205. The topological polar surface area (TPSA) is 228 Å². The average Bonchev–Trinajstić information content (AvgIpc) is 3.45. The van der Waals surface area contributed by atoms with Gasteiger partial charge in [0.2, 0.25) is 5.91 Å². The Labute approximate surface area is 462 Å². The molecule has 2 fully saturated rings. The van der Waals surface area contributed by atoms with Crippen LogP contribution in [0.25, 0.3) is 0 Å². The van der Waals surface area contributed by atoms with Gasteiger partial charge in [0, 0.05) is 6.42 Å². The van der Waals surface area contributed by atoms with E-state index in [1.165, 1.54) is 19.3 Å². The summed E-state index contributed by atoms with van der Waals surface area (Å²) in [5.41, 5.74) is 0. The van der Waals surface area contributed by atoms with E-state index in [4.69, 9.17) is 18.9 Å². The summed E-state index contributed by atoms with van der Waals surface area (Å²) in [6.07, 6.45) is 52.2. The lowest BCUT2D eigenvalue weighted by Gasteiger charge is -2.46. The van der Waals surface area contributed by atoms with Crippen LogP contribution in [0.5, 0.6) is 0 Å². The molecule has 0 aliphatic carbocycles. The average molecular weight is 1080 g/mol. The Morgan fingerprint density at radius 3 is 1.43 bits per heavy atom. The highest BCUT2D eigenvalue weighted by Gasteiger charge is 2.51. The van der Waals surface area contributed by atoms with E-state index in [1.54, 1.807) is 6.08 Å². The second kappa shape index (κ2) is 47.0. The number of ether oxygens (including phenoxy) is 4. The van der Waals surface area contributed by atoms with Gasteiger partial charge in [0.15, 0.2) is 12.6 Å². The van der Waals surface area contributed by atoms with Gasteiger partial charge in [-0.1, -0.05) is 186 Å². The van der Waals surface area contributed by atoms with Crippen LogP contribution >= 0.6 is 0 Å². The van der Waals surface area contributed by atoms with Gasteiger partial charge in [0.1, 0.15) is 48.8 Å². The smallest absolute Gasteiger partial charge is 0.220 e. The number of rotatable bonds is 43. The first-order chi connectivity index (χ1) is 37.6. The van der Waals surface area contributed by atoms with Crippen LogP contribution < -0.4 is 5.32 Å². The maximum Gasteiger partial charge on any atom is 0.220 e. The molecule has 14 heteroatoms. The number of allylic oxidation sites excluding steroid dienone is 21. The van der Waals surface area contributed by atoms with E-state index in [0.717, 1.165) is 109 Å². The predicted molar refractivity (Wildman–Crippen MR) is 308 cm³/mol. The van der Waals surface area contributed by atoms with Gasteiger partial charge in [-0.2, -0.15) is 0 Å². The Morgan fingerprint density at radius 1 is 0.481 bits per heavy atom. The van der Waals surface area contributed by atoms with Crippen LogP contribution in [0.15, 0.2) is 134 Å². The number of amides is 1. The fourth-order valence-corrected chi connectivity index (χ4v) is 8.41. The van der Waals surface area contributed by atoms with Gasteiger partial charge in [0.25, 0.3) is 0 Å². The van der Waals surface area contributed by atoms with Crippen molar-refractivity contribution in [3.8, 4) is 0 Å². The zero-order valence-electron chi connectivity index (χ0n) is 46.6. The summed E-state index contributed by atoms with van der Waals surface area (Å²) in [4.78, 5) is 13.2. The van der Waals surface area contributed by atoms with Gasteiger partial charge in [-0.3, -0.25) is 4.79 Å². The zero-order valence-corrected chi connectivity index (χ0v) is 46.6. The molecule has 14 nitrogen and oxygen atoms in total. The Morgan fingerprint density at radius 2 is 0.909 bits per heavy atom. The highest BCUT2D eigenvalue weighted by molar-refractivity contribution is 5.76. The Bertz CT molecular complexity index is 1800. The molecule has 2 aliphatic heterocycles. The van der Waals surface area contributed by atoms with Gasteiger partial charge < -0.3 is 65.1 Å². The van der Waals surface area contributed by atoms with Crippen molar-refractivity contribution in [2.45, 2.75) is 235 Å². The van der Waals surface area contributed by atoms with Crippen molar-refractivity contribution < 1.29 is 64.6 Å². The Hall–Kier alpha value is -3.87. The second-order valence-corrected chi connectivity index (χ2v) is 19.7. The summed E-state index contributed by atoms with van der Waals surface area (Å²) < 4.78 is 22.7. The molecule has 436 valence electrons. The molecule has 2 saturated heterocycles. The van der Waals surface area contributed by atoms with Gasteiger partial charge in [-0.15, -0.1) is 0 Å². The molecule has 0 aromatic carbocycles. The van der Waals surface area contributed by atoms with Crippen molar-refractivity contribution >= 4 is 5.91 Å². The summed E-state index contributed by atoms with van der Waals surface area (Å²) in [6, 6.07) is -0.950. The Kier molecular flexibility index (Phi) is 42.2. The van der Waals surface area contributed by atoms with Crippen molar-refractivity contribution in [3.05, 3.63) is 134 Å². The lowest BCUT2D eigenvalue weighted by Crippen LogP contribution is -2.65. The van der Waals surface area contributed by atoms with E-state index in [0.29, 0.717) is 12.8 Å². The fourth-order valence-electron chi connectivity index (χ4n) is 8.41. The normalized spacial score (nSPS) is 25.7. The minimum atomic E-state index is -1.80. The number of aliphatic hydroxyl groups excluding tert-OH is 8. The number of nitrogens with one attached hydrogen (secondary N) is 1. The van der Waals surface area contributed by atoms with Gasteiger partial charge in [-0.25, -0.2) is 0 Å². The third-order valence-electron chi connectivity index (χ3n) is 13.1. The second-order valence-electron chi connectivity index (χ2n) is 19.7. The van der Waals surface area contributed by atoms with Crippen LogP contribution in [0, 0.1) is 0 Å². The highest BCUT2D eigenvalue weighted by atomic mass is 16.7. The number of hydrogen-bond donors (Lipinski definition) is 9. The molecule has 0 bridgehead atoms. The molecule has 0 radical (unpaired) electrons. The number of carbonyl (C=O) groups is 1. The van der Waals surface area contributed by atoms with Crippen LogP contribution in [0.4, 0.5) is 0 Å². The van der Waals surface area contributed by atoms with Gasteiger partial charge in [0.05, 0.1) is 32.0 Å². The molecule has 12 atom stereocenters. The van der Waals surface area contributed by atoms with Gasteiger partial charge >= 0.3 is 0 Å². The molecule has 1 amide bonds. The van der Waals surface area contributed by atoms with E-state index in [9.17, 15) is 45.6 Å². The molecule has 0 saturated carbocycles. The van der Waals surface area contributed by atoms with Crippen LogP contribution in [0.3, 0.4) is 0 Å². The molecule has 2 heterocycles. The van der Waals surface area contributed by atoms with E-state index in [1.807, 2.05) is 6.08 Å². The first kappa shape index (κ1) is 69.2. The SMILES string of the molecule is CC/C=C\C/C=C\C/C=C\C/C=C\C/C=C\C/C=C\C/C=C\C/C=C\C/C=C\CCCCCCCC(=O)NC(COC1OC(CO)C(OC2OC(CO)C(O)C(O)C2O)C(O)C1O)C(O)/C=C/CC/C=C/CCCCCC. The lowest BCUT2D eigenvalue weighted by atomic mass is 9.97. The summed E-state index contributed by atoms with van der Waals surface area (Å²) >= 11 is 0. The number of aliphatic hydroxyl groups is 8. The van der Waals surface area contributed by atoms with Crippen molar-refractivity contribution in [1.82, 2.24) is 5.32 Å². The summed E-state index contributed by atoms with van der Waals surface area (Å²) in [5.74, 6) is -0.278. The van der Waals surface area contributed by atoms with E-state index >= 15 is 0 Å². The van der Waals surface area contributed by atoms with Gasteiger partial charge in [-0.05, 0) is 103 Å². The third kappa shape index (κ3) is 32.7. The van der Waals surface area contributed by atoms with Crippen molar-refractivity contribution in [1.29, 1.82) is 0 Å². The molecule has 0 aromatic heterocycles. The minimum Gasteiger partial charge on any atom is -0.394 e. The maximum absolute atomic E-state index is 13.2. The monoisotopic (exact) mass is 1080 g/mol. The molecular weight excluding hydrogens is 979 g/mol. The highest BCUT2D eigenvalue weighted by Crippen LogP contribution is 2.30. The van der Waals surface area contributed by atoms with Crippen molar-refractivity contribution in [2.24, 2.45) is 0 Å². The Balaban J connectivity index is 1.70. The van der Waals surface area contributed by atoms with Crippen molar-refractivity contribution in [2.75, 3.05) is 19.8 Å². The van der Waals surface area contributed by atoms with Crippen LogP contribution in [0.2, 0.25) is 0 Å². The molecule has 9 N–H and O–H groups in total. The van der Waals surface area contributed by atoms with E-state index < -0.39 is 86.8 Å². The first-order valence-corrected chi connectivity index (χ1v) is 28.9. The summed E-state index contributed by atoms with van der Waals surface area (Å²) in [6.45, 7) is 2.57. The third-order valence-corrected chi connectivity index (χ3v) is 13.1. The molecular formula is C63H101NO13. The lowest BCUT2D eigenvalue weighted by molar-refractivity contribution is -0.359. The van der Waals surface area contributed by atoms with Crippen molar-refractivity contribution in [3.63, 3.8) is 0 Å². The molecule has 77 heavy (non-hydrogen) atoms. The molecule has 2 rings (SSSR count). The van der Waals surface area contributed by atoms with Crippen LogP contribution in [-0.2, 0) is 23.7 Å². The largest absolute Gasteiger partial charge is 0.394 e. The minimum absolute atomic E-state index is 0.241. The summed E-state index contributed by atoms with van der Waals surface area (Å²) in [7, 11) is 0. The summed E-state index contributed by atoms with van der Waals surface area (Å²) in [5, 5.41) is 86.7.